The van der Waals surface area contributed by atoms with Gasteiger partial charge in [-0.05, 0) is 47.9 Å². The number of anilines is 1. The number of amides is 2. The van der Waals surface area contributed by atoms with Crippen LogP contribution in [0.4, 0.5) is 5.69 Å². The minimum absolute atomic E-state index is 0.0304. The minimum Gasteiger partial charge on any atom is -0.446 e. The van der Waals surface area contributed by atoms with Crippen molar-refractivity contribution in [1.29, 1.82) is 0 Å². The monoisotopic (exact) mass is 536 g/mol. The Hall–Kier alpha value is -4.19. The number of carbonyl (C=O) groups excluding carboxylic acids is 3. The lowest BCUT2D eigenvalue weighted by Gasteiger charge is -2.37. The molecule has 0 bridgehead atoms. The van der Waals surface area contributed by atoms with Gasteiger partial charge in [-0.2, -0.15) is 0 Å². The number of rotatable bonds is 9. The van der Waals surface area contributed by atoms with Gasteiger partial charge >= 0.3 is 5.97 Å². The van der Waals surface area contributed by atoms with Crippen LogP contribution in [-0.2, 0) is 37.6 Å². The molecule has 0 saturated heterocycles. The smallest absolute Gasteiger partial charge is 0.335 e. The van der Waals surface area contributed by atoms with Gasteiger partial charge in [0.15, 0.2) is 5.60 Å². The number of esters is 1. The van der Waals surface area contributed by atoms with E-state index < -0.39 is 5.60 Å². The maximum atomic E-state index is 13.5. The Morgan fingerprint density at radius 1 is 0.950 bits per heavy atom. The van der Waals surface area contributed by atoms with E-state index in [0.717, 1.165) is 33.5 Å². The third-order valence-corrected chi connectivity index (χ3v) is 7.74. The van der Waals surface area contributed by atoms with Crippen molar-refractivity contribution in [3.05, 3.63) is 113 Å². The van der Waals surface area contributed by atoms with E-state index in [-0.39, 0.29) is 17.8 Å². The highest BCUT2D eigenvalue weighted by molar-refractivity contribution is 5.95. The average molecular weight is 537 g/mol. The second-order valence-corrected chi connectivity index (χ2v) is 11.1. The summed E-state index contributed by atoms with van der Waals surface area (Å²) < 4.78 is 6.15. The lowest BCUT2D eigenvalue weighted by atomic mass is 9.77. The second kappa shape index (κ2) is 11.9. The van der Waals surface area contributed by atoms with Crippen LogP contribution in [0.3, 0.4) is 0 Å². The van der Waals surface area contributed by atoms with Crippen molar-refractivity contribution in [2.75, 3.05) is 18.4 Å². The van der Waals surface area contributed by atoms with Crippen LogP contribution >= 0.6 is 0 Å². The standard InChI is InChI=1S/C34H36N2O4/c1-24(2)22-34(27-14-7-4-8-15-27)29-23-36(20-19-28(29)33(39)40-34)32(38)18-17-26-13-9-10-16-30(26)35-31(37)21-25-11-5-3-6-12-25/h3-16,24H,17-23H2,1-2H3,(H,35,37). The molecule has 2 aliphatic rings. The number of hydrogen-bond acceptors (Lipinski definition) is 4. The van der Waals surface area contributed by atoms with Crippen LogP contribution in [0.15, 0.2) is 96.1 Å². The zero-order valence-electron chi connectivity index (χ0n) is 23.2. The van der Waals surface area contributed by atoms with Gasteiger partial charge in [0.05, 0.1) is 6.42 Å². The topological polar surface area (TPSA) is 75.7 Å². The van der Waals surface area contributed by atoms with E-state index in [1.807, 2.05) is 89.8 Å². The van der Waals surface area contributed by atoms with E-state index in [9.17, 15) is 14.4 Å². The number of nitrogens with one attached hydrogen (secondary N) is 1. The van der Waals surface area contributed by atoms with Gasteiger partial charge in [0.2, 0.25) is 11.8 Å². The summed E-state index contributed by atoms with van der Waals surface area (Å²) in [6.07, 6.45) is 2.28. The Morgan fingerprint density at radius 2 is 1.62 bits per heavy atom. The van der Waals surface area contributed by atoms with Gasteiger partial charge < -0.3 is 15.0 Å². The van der Waals surface area contributed by atoms with E-state index in [1.54, 1.807) is 0 Å². The second-order valence-electron chi connectivity index (χ2n) is 11.1. The molecular formula is C34H36N2O4. The molecule has 5 rings (SSSR count). The van der Waals surface area contributed by atoms with Crippen LogP contribution in [-0.4, -0.2) is 35.8 Å². The molecule has 0 radical (unpaired) electrons. The van der Waals surface area contributed by atoms with E-state index in [2.05, 4.69) is 19.2 Å². The summed E-state index contributed by atoms with van der Waals surface area (Å²) in [6, 6.07) is 27.2. The largest absolute Gasteiger partial charge is 0.446 e. The summed E-state index contributed by atoms with van der Waals surface area (Å²) in [5, 5.41) is 3.02. The molecule has 3 aromatic rings. The molecule has 0 aromatic heterocycles. The molecule has 3 aromatic carbocycles. The Balaban J connectivity index is 1.28. The number of benzene rings is 3. The summed E-state index contributed by atoms with van der Waals surface area (Å²) in [5.41, 5.74) is 4.37. The fourth-order valence-electron chi connectivity index (χ4n) is 5.89. The van der Waals surface area contributed by atoms with Gasteiger partial charge in [-0.1, -0.05) is 92.7 Å². The van der Waals surface area contributed by atoms with Crippen molar-refractivity contribution in [3.63, 3.8) is 0 Å². The van der Waals surface area contributed by atoms with Crippen molar-refractivity contribution in [2.45, 2.75) is 51.6 Å². The van der Waals surface area contributed by atoms with E-state index in [0.29, 0.717) is 51.1 Å². The summed E-state index contributed by atoms with van der Waals surface area (Å²) >= 11 is 0. The molecule has 2 amide bonds. The van der Waals surface area contributed by atoms with Crippen LogP contribution in [0.2, 0.25) is 0 Å². The lowest BCUT2D eigenvalue weighted by molar-refractivity contribution is -0.149. The van der Waals surface area contributed by atoms with Gasteiger partial charge in [0.1, 0.15) is 0 Å². The number of cyclic esters (lactones) is 1. The number of aryl methyl sites for hydroxylation is 1. The van der Waals surface area contributed by atoms with Crippen LogP contribution in [0.5, 0.6) is 0 Å². The summed E-state index contributed by atoms with van der Waals surface area (Å²) in [7, 11) is 0. The first-order chi connectivity index (χ1) is 19.4. The SMILES string of the molecule is CC(C)CC1(c2ccccc2)OC(=O)C2=C1CN(C(=O)CCc1ccccc1NC(=O)Cc1ccccc1)CC2. The molecule has 1 atom stereocenters. The quantitative estimate of drug-likeness (QED) is 0.349. The molecule has 2 heterocycles. The Labute approximate surface area is 236 Å². The van der Waals surface area contributed by atoms with Crippen LogP contribution in [0, 0.1) is 5.92 Å². The summed E-state index contributed by atoms with van der Waals surface area (Å²) in [6.45, 7) is 5.13. The molecule has 6 nitrogen and oxygen atoms in total. The highest BCUT2D eigenvalue weighted by atomic mass is 16.6. The van der Waals surface area contributed by atoms with E-state index in [4.69, 9.17) is 4.74 Å². The Bertz CT molecular complexity index is 1410. The molecule has 1 N–H and O–H groups in total. The summed E-state index contributed by atoms with van der Waals surface area (Å²) in [5.74, 6) is -0.0251. The fraction of sp³-hybridized carbons (Fsp3) is 0.324. The number of hydrogen-bond donors (Lipinski definition) is 1. The molecule has 40 heavy (non-hydrogen) atoms. The zero-order valence-corrected chi connectivity index (χ0v) is 23.2. The Kier molecular flexibility index (Phi) is 8.15. The zero-order chi connectivity index (χ0) is 28.1. The molecule has 1 unspecified atom stereocenters. The molecule has 0 spiro atoms. The van der Waals surface area contributed by atoms with Crippen molar-refractivity contribution in [2.24, 2.45) is 5.92 Å². The lowest BCUT2D eigenvalue weighted by Crippen LogP contribution is -2.42. The Morgan fingerprint density at radius 3 is 2.35 bits per heavy atom. The molecule has 2 aliphatic heterocycles. The van der Waals surface area contributed by atoms with Gasteiger partial charge in [-0.25, -0.2) is 4.79 Å². The first-order valence-corrected chi connectivity index (χ1v) is 14.1. The summed E-state index contributed by atoms with van der Waals surface area (Å²) in [4.78, 5) is 41.0. The van der Waals surface area contributed by atoms with E-state index >= 15 is 0 Å². The normalized spacial score (nSPS) is 18.5. The third-order valence-electron chi connectivity index (χ3n) is 7.74. The predicted molar refractivity (Wildman–Crippen MR) is 155 cm³/mol. The maximum absolute atomic E-state index is 13.5. The highest BCUT2D eigenvalue weighted by Gasteiger charge is 2.50. The van der Waals surface area contributed by atoms with Gasteiger partial charge in [0.25, 0.3) is 0 Å². The van der Waals surface area contributed by atoms with E-state index in [1.165, 1.54) is 0 Å². The van der Waals surface area contributed by atoms with Gasteiger partial charge in [-0.3, -0.25) is 9.59 Å². The van der Waals surface area contributed by atoms with Crippen LogP contribution in [0.25, 0.3) is 0 Å². The molecule has 206 valence electrons. The molecule has 6 heteroatoms. The third kappa shape index (κ3) is 5.86. The van der Waals surface area contributed by atoms with Gasteiger partial charge in [0, 0.05) is 36.3 Å². The molecular weight excluding hydrogens is 500 g/mol. The number of nitrogens with zero attached hydrogens (tertiary/aromatic N) is 1. The number of ether oxygens (including phenoxy) is 1. The number of carbonyl (C=O) groups is 3. The van der Waals surface area contributed by atoms with Crippen molar-refractivity contribution in [1.82, 2.24) is 4.90 Å². The molecule has 0 aliphatic carbocycles. The average Bonchev–Trinajstić information content (AvgIpc) is 3.24. The van der Waals surface area contributed by atoms with Crippen molar-refractivity contribution in [3.8, 4) is 0 Å². The molecule has 0 fully saturated rings. The van der Waals surface area contributed by atoms with Gasteiger partial charge in [-0.15, -0.1) is 0 Å². The van der Waals surface area contributed by atoms with Crippen LogP contribution in [0.1, 0.15) is 49.8 Å². The highest BCUT2D eigenvalue weighted by Crippen LogP contribution is 2.48. The first-order valence-electron chi connectivity index (χ1n) is 14.1. The minimum atomic E-state index is -0.837. The number of para-hydroxylation sites is 1. The van der Waals surface area contributed by atoms with Crippen molar-refractivity contribution < 1.29 is 19.1 Å². The predicted octanol–water partition coefficient (Wildman–Crippen LogP) is 5.83. The molecule has 0 saturated carbocycles. The van der Waals surface area contributed by atoms with Crippen molar-refractivity contribution >= 4 is 23.5 Å². The maximum Gasteiger partial charge on any atom is 0.335 e. The fourth-order valence-corrected chi connectivity index (χ4v) is 5.89. The van der Waals surface area contributed by atoms with Crippen LogP contribution < -0.4 is 5.32 Å². The first kappa shape index (κ1) is 27.4.